The van der Waals surface area contributed by atoms with E-state index >= 15 is 0 Å². The maximum atomic E-state index is 12.9. The van der Waals surface area contributed by atoms with E-state index < -0.39 is 57.8 Å². The molecule has 0 aromatic carbocycles. The second-order valence-corrected chi connectivity index (χ2v) is 20.5. The Bertz CT molecular complexity index is 1610. The first-order chi connectivity index (χ1) is 36.2. The molecule has 0 heterocycles. The fourth-order valence-electron chi connectivity index (χ4n) is 7.57. The largest absolute Gasteiger partial charge is 0.472 e. The van der Waals surface area contributed by atoms with E-state index in [1.54, 1.807) is 0 Å². The van der Waals surface area contributed by atoms with Crippen molar-refractivity contribution in [2.24, 2.45) is 0 Å². The van der Waals surface area contributed by atoms with Crippen molar-refractivity contribution in [3.8, 4) is 0 Å². The number of phosphoric acid groups is 1. The van der Waals surface area contributed by atoms with Crippen molar-refractivity contribution in [1.29, 1.82) is 0 Å². The first-order valence-corrected chi connectivity index (χ1v) is 30.6. The number of unbranched alkanes of at least 4 members (excludes halogenated alkanes) is 20. The van der Waals surface area contributed by atoms with Crippen molar-refractivity contribution < 1.29 is 52.2 Å². The number of carbonyl (C=O) groups excluding carboxylic acids is 3. The molecule has 0 aromatic heterocycles. The summed E-state index contributed by atoms with van der Waals surface area (Å²) in [5, 5.41) is 9.81. The molecule has 0 saturated carbocycles. The van der Waals surface area contributed by atoms with Crippen LogP contribution in [0.3, 0.4) is 0 Å². The third-order valence-electron chi connectivity index (χ3n) is 12.0. The first kappa shape index (κ1) is 70.4. The number of hydrogen-bond donors (Lipinski definition) is 2. The molecule has 12 heteroatoms. The van der Waals surface area contributed by atoms with Crippen LogP contribution in [0, 0.1) is 0 Å². The minimum absolute atomic E-state index is 0.0947. The second-order valence-electron chi connectivity index (χ2n) is 19.1. The van der Waals surface area contributed by atoms with Crippen molar-refractivity contribution in [3.05, 3.63) is 97.2 Å². The van der Waals surface area contributed by atoms with Crippen molar-refractivity contribution in [3.63, 3.8) is 0 Å². The molecular formula is C62H105O11P. The SMILES string of the molecule is CC/C=C\C/C=C\C/C=C\C/C=C\C/C=C\CCCC(=O)OC(CO)COP(=O)(O)OCC(COC(=O)CCCCCCCCCCCCC)OC(=O)CCCCCCCC/C=C\C/C=C\C/C=C\CCCCC. The molecule has 74 heavy (non-hydrogen) atoms. The van der Waals surface area contributed by atoms with E-state index in [2.05, 4.69) is 106 Å². The maximum absolute atomic E-state index is 12.9. The molecule has 2 N–H and O–H groups in total. The summed E-state index contributed by atoms with van der Waals surface area (Å²) in [6, 6.07) is 0. The molecule has 424 valence electrons. The average molecular weight is 1060 g/mol. The zero-order valence-electron chi connectivity index (χ0n) is 46.8. The minimum Gasteiger partial charge on any atom is -0.462 e. The molecule has 0 bridgehead atoms. The predicted molar refractivity (Wildman–Crippen MR) is 307 cm³/mol. The highest BCUT2D eigenvalue weighted by molar-refractivity contribution is 7.47. The Morgan fingerprint density at radius 2 is 0.716 bits per heavy atom. The van der Waals surface area contributed by atoms with Crippen LogP contribution in [0.25, 0.3) is 0 Å². The Morgan fingerprint density at radius 1 is 0.392 bits per heavy atom. The quantitative estimate of drug-likeness (QED) is 0.0197. The topological polar surface area (TPSA) is 155 Å². The van der Waals surface area contributed by atoms with Crippen LogP contribution < -0.4 is 0 Å². The number of carbonyl (C=O) groups is 3. The summed E-state index contributed by atoms with van der Waals surface area (Å²) >= 11 is 0. The molecule has 0 amide bonds. The van der Waals surface area contributed by atoms with Gasteiger partial charge in [0, 0.05) is 19.3 Å². The third-order valence-corrected chi connectivity index (χ3v) is 12.9. The molecule has 11 nitrogen and oxygen atoms in total. The highest BCUT2D eigenvalue weighted by Gasteiger charge is 2.28. The molecule has 0 aliphatic rings. The molecule has 0 aliphatic carbocycles. The Labute approximate surface area is 451 Å². The van der Waals surface area contributed by atoms with E-state index in [-0.39, 0.29) is 25.9 Å². The molecule has 0 fully saturated rings. The van der Waals surface area contributed by atoms with Crippen LogP contribution in [0.15, 0.2) is 97.2 Å². The lowest BCUT2D eigenvalue weighted by Crippen LogP contribution is -2.30. The van der Waals surface area contributed by atoms with E-state index in [1.807, 2.05) is 12.2 Å². The van der Waals surface area contributed by atoms with Gasteiger partial charge in [-0.05, 0) is 96.3 Å². The summed E-state index contributed by atoms with van der Waals surface area (Å²) in [6.07, 6.45) is 65.1. The van der Waals surface area contributed by atoms with Crippen LogP contribution in [-0.4, -0.2) is 66.5 Å². The number of hydrogen-bond acceptors (Lipinski definition) is 10. The molecule has 3 atom stereocenters. The average Bonchev–Trinajstić information content (AvgIpc) is 3.39. The Hall–Kier alpha value is -3.60. The Morgan fingerprint density at radius 3 is 1.16 bits per heavy atom. The first-order valence-electron chi connectivity index (χ1n) is 29.1. The number of rotatable bonds is 53. The standard InChI is InChI=1S/C62H105O11P/c1-4-7-10-13-16-19-22-24-26-28-29-31-33-35-38-41-44-47-50-53-62(66)73-59(55-69-60(64)51-48-45-42-39-36-21-18-15-12-9-6-3)57-71-74(67,68)70-56-58(54-63)72-61(65)52-49-46-43-40-37-34-32-30-27-25-23-20-17-14-11-8-5-2/h8,11,16-17,19-20,24-27,29,31-32,34,40,43,58-59,63H,4-7,9-10,12-15,18,21-23,28,30,33,35-39,41-42,44-57H2,1-3H3,(H,67,68)/b11-8-,19-16-,20-17-,26-24-,27-25-,31-29-,34-32-,43-40-. The van der Waals surface area contributed by atoms with Gasteiger partial charge in [-0.15, -0.1) is 0 Å². The van der Waals surface area contributed by atoms with Crippen molar-refractivity contribution in [1.82, 2.24) is 0 Å². The third kappa shape index (κ3) is 53.2. The fourth-order valence-corrected chi connectivity index (χ4v) is 8.36. The molecule has 0 aromatic rings. The van der Waals surface area contributed by atoms with E-state index in [0.717, 1.165) is 103 Å². The zero-order chi connectivity index (χ0) is 54.1. The molecule has 3 unspecified atom stereocenters. The van der Waals surface area contributed by atoms with Gasteiger partial charge in [0.25, 0.3) is 0 Å². The van der Waals surface area contributed by atoms with Crippen LogP contribution in [0.2, 0.25) is 0 Å². The van der Waals surface area contributed by atoms with E-state index in [4.69, 9.17) is 23.3 Å². The number of aliphatic hydroxyl groups excluding tert-OH is 1. The summed E-state index contributed by atoms with van der Waals surface area (Å²) in [7, 11) is -4.77. The highest BCUT2D eigenvalue weighted by atomic mass is 31.2. The van der Waals surface area contributed by atoms with Gasteiger partial charge in [0.05, 0.1) is 19.8 Å². The molecule has 0 rings (SSSR count). The number of phosphoric ester groups is 1. The van der Waals surface area contributed by atoms with Crippen LogP contribution in [0.4, 0.5) is 0 Å². The number of allylic oxidation sites excluding steroid dienone is 16. The molecule has 0 spiro atoms. The van der Waals surface area contributed by atoms with Crippen LogP contribution in [-0.2, 0) is 42.2 Å². The van der Waals surface area contributed by atoms with Gasteiger partial charge in [0.1, 0.15) is 12.7 Å². The molecule has 0 aliphatic heterocycles. The van der Waals surface area contributed by atoms with Crippen molar-refractivity contribution in [2.75, 3.05) is 26.4 Å². The van der Waals surface area contributed by atoms with Gasteiger partial charge < -0.3 is 24.2 Å². The van der Waals surface area contributed by atoms with Gasteiger partial charge in [-0.25, -0.2) is 4.57 Å². The number of aliphatic hydroxyl groups is 1. The lowest BCUT2D eigenvalue weighted by Gasteiger charge is -2.21. The smallest absolute Gasteiger partial charge is 0.462 e. The minimum atomic E-state index is -4.77. The highest BCUT2D eigenvalue weighted by Crippen LogP contribution is 2.43. The van der Waals surface area contributed by atoms with Gasteiger partial charge in [0.2, 0.25) is 0 Å². The van der Waals surface area contributed by atoms with Gasteiger partial charge in [-0.2, -0.15) is 0 Å². The van der Waals surface area contributed by atoms with Gasteiger partial charge in [-0.1, -0.05) is 221 Å². The molecule has 0 radical (unpaired) electrons. The Balaban J connectivity index is 4.76. The Kier molecular flexibility index (Phi) is 52.9. The maximum Gasteiger partial charge on any atom is 0.472 e. The lowest BCUT2D eigenvalue weighted by atomic mass is 10.1. The normalized spacial score (nSPS) is 14.1. The second kappa shape index (κ2) is 55.6. The summed E-state index contributed by atoms with van der Waals surface area (Å²) in [4.78, 5) is 48.5. The van der Waals surface area contributed by atoms with Gasteiger partial charge in [-0.3, -0.25) is 23.4 Å². The van der Waals surface area contributed by atoms with E-state index in [0.29, 0.717) is 25.7 Å². The predicted octanol–water partition coefficient (Wildman–Crippen LogP) is 17.3. The van der Waals surface area contributed by atoms with Crippen LogP contribution >= 0.6 is 7.82 Å². The van der Waals surface area contributed by atoms with Gasteiger partial charge in [0.15, 0.2) is 6.10 Å². The monoisotopic (exact) mass is 1060 g/mol. The summed E-state index contributed by atoms with van der Waals surface area (Å²) in [5.41, 5.74) is 0. The summed E-state index contributed by atoms with van der Waals surface area (Å²) < 4.78 is 39.4. The van der Waals surface area contributed by atoms with Crippen molar-refractivity contribution in [2.45, 2.75) is 251 Å². The lowest BCUT2D eigenvalue weighted by molar-refractivity contribution is -0.161. The fraction of sp³-hybridized carbons (Fsp3) is 0.694. The molecular weight excluding hydrogens is 952 g/mol. The summed E-state index contributed by atoms with van der Waals surface area (Å²) in [5.74, 6) is -1.54. The number of esters is 3. The van der Waals surface area contributed by atoms with E-state index in [1.165, 1.54) is 70.6 Å². The van der Waals surface area contributed by atoms with E-state index in [9.17, 15) is 28.9 Å². The van der Waals surface area contributed by atoms with Gasteiger partial charge >= 0.3 is 25.7 Å². The molecule has 0 saturated heterocycles. The van der Waals surface area contributed by atoms with Crippen LogP contribution in [0.5, 0.6) is 0 Å². The van der Waals surface area contributed by atoms with Crippen LogP contribution in [0.1, 0.15) is 239 Å². The number of ether oxygens (including phenoxy) is 3. The summed E-state index contributed by atoms with van der Waals surface area (Å²) in [6.45, 7) is 4.42. The zero-order valence-corrected chi connectivity index (χ0v) is 47.7. The van der Waals surface area contributed by atoms with Crippen molar-refractivity contribution >= 4 is 25.7 Å².